The molecule has 3 aromatic rings. The lowest BCUT2D eigenvalue weighted by atomic mass is 9.98. The molecule has 0 unspecified atom stereocenters. The predicted octanol–water partition coefficient (Wildman–Crippen LogP) is 3.96. The van der Waals surface area contributed by atoms with Gasteiger partial charge in [0.15, 0.2) is 0 Å². The van der Waals surface area contributed by atoms with Crippen molar-refractivity contribution >= 4 is 23.0 Å². The molecule has 6 nitrogen and oxygen atoms in total. The Kier molecular flexibility index (Phi) is 5.37. The first-order chi connectivity index (χ1) is 13.8. The van der Waals surface area contributed by atoms with Gasteiger partial charge in [-0.25, -0.2) is 9.37 Å². The predicted molar refractivity (Wildman–Crippen MR) is 110 cm³/mol. The number of rotatable bonds is 4. The molecule has 0 aliphatic carbocycles. The number of carbonyl (C=O) groups is 1. The van der Waals surface area contributed by atoms with Crippen molar-refractivity contribution in [3.8, 4) is 6.07 Å². The summed E-state index contributed by atoms with van der Waals surface area (Å²) in [6.07, 6.45) is 1.33. The maximum Gasteiger partial charge on any atom is 0.274 e. The Morgan fingerprint density at radius 1 is 1.21 bits per heavy atom. The quantitative estimate of drug-likeness (QED) is 0.464. The second-order valence-corrected chi connectivity index (χ2v) is 6.65. The van der Waals surface area contributed by atoms with Crippen molar-refractivity contribution < 1.29 is 9.18 Å². The third-order valence-electron chi connectivity index (χ3n) is 4.33. The third kappa shape index (κ3) is 4.28. The number of nitrogens with two attached hydrogens (primary N) is 1. The van der Waals surface area contributed by atoms with E-state index in [-0.39, 0.29) is 11.4 Å². The minimum Gasteiger partial charge on any atom is -0.398 e. The van der Waals surface area contributed by atoms with E-state index < -0.39 is 11.7 Å². The number of hydrogen-bond acceptors (Lipinski definition) is 5. The first kappa shape index (κ1) is 19.7. The molecule has 0 saturated heterocycles. The number of amides is 1. The summed E-state index contributed by atoms with van der Waals surface area (Å²) in [5.74, 6) is -0.883. The number of anilines is 2. The topological polar surface area (TPSA) is 116 Å². The fourth-order valence-corrected chi connectivity index (χ4v) is 2.95. The zero-order valence-corrected chi connectivity index (χ0v) is 15.9. The molecule has 0 fully saturated rings. The highest BCUT2D eigenvalue weighted by atomic mass is 19.1. The maximum absolute atomic E-state index is 13.7. The van der Waals surface area contributed by atoms with E-state index in [9.17, 15) is 9.18 Å². The van der Waals surface area contributed by atoms with Gasteiger partial charge in [-0.2, -0.15) is 5.26 Å². The number of halogens is 1. The van der Waals surface area contributed by atoms with E-state index in [0.717, 1.165) is 0 Å². The summed E-state index contributed by atoms with van der Waals surface area (Å²) in [5.41, 5.74) is 9.40. The van der Waals surface area contributed by atoms with Gasteiger partial charge in [-0.05, 0) is 67.4 Å². The Bertz CT molecular complexity index is 1160. The van der Waals surface area contributed by atoms with Crippen LogP contribution >= 0.6 is 0 Å². The van der Waals surface area contributed by atoms with Gasteiger partial charge in [0, 0.05) is 28.7 Å². The lowest BCUT2D eigenvalue weighted by Gasteiger charge is -2.12. The largest absolute Gasteiger partial charge is 0.398 e. The Labute approximate surface area is 167 Å². The lowest BCUT2D eigenvalue weighted by Crippen LogP contribution is -2.16. The molecule has 0 bridgehead atoms. The molecule has 7 heteroatoms. The maximum atomic E-state index is 13.7. The molecule has 0 spiro atoms. The summed E-state index contributed by atoms with van der Waals surface area (Å²) >= 11 is 0. The van der Waals surface area contributed by atoms with Gasteiger partial charge < -0.3 is 11.1 Å². The normalized spacial score (nSPS) is 10.3. The number of nitrogens with zero attached hydrogens (tertiary/aromatic N) is 2. The number of hydrogen-bond donors (Lipinski definition) is 3. The van der Waals surface area contributed by atoms with Crippen molar-refractivity contribution in [1.82, 2.24) is 4.98 Å². The third-order valence-corrected chi connectivity index (χ3v) is 4.33. The molecule has 0 atom stereocenters. The average molecular weight is 387 g/mol. The number of nitriles is 1. The molecular formula is C22H18FN5O. The van der Waals surface area contributed by atoms with Crippen LogP contribution in [0.1, 0.15) is 38.3 Å². The molecule has 0 radical (unpaired) electrons. The Hall–Kier alpha value is -4.05. The molecule has 0 saturated carbocycles. The van der Waals surface area contributed by atoms with Gasteiger partial charge in [-0.3, -0.25) is 10.2 Å². The standard InChI is InChI=1S/C22H18FN5O/c1-12-5-15(8-16(23)6-12)20(26)18-9-17(3-4-19(18)25)28-22(29)21-13(2)7-14(10-24)11-27-21/h3-9,11,26H,25H2,1-2H3,(H,28,29). The van der Waals surface area contributed by atoms with Crippen molar-refractivity contribution in [2.75, 3.05) is 11.1 Å². The second-order valence-electron chi connectivity index (χ2n) is 6.65. The smallest absolute Gasteiger partial charge is 0.274 e. The molecule has 3 rings (SSSR count). The molecule has 1 amide bonds. The lowest BCUT2D eigenvalue weighted by molar-refractivity contribution is 0.102. The van der Waals surface area contributed by atoms with Crippen LogP contribution in [0.4, 0.5) is 15.8 Å². The molecule has 4 N–H and O–H groups in total. The number of aromatic nitrogens is 1. The number of carbonyl (C=O) groups excluding carboxylic acids is 1. The molecule has 2 aromatic carbocycles. The molecular weight excluding hydrogens is 369 g/mol. The first-order valence-corrected chi connectivity index (χ1v) is 8.72. The van der Waals surface area contributed by atoms with Crippen molar-refractivity contribution in [2.45, 2.75) is 13.8 Å². The minimum absolute atomic E-state index is 0.0499. The highest BCUT2D eigenvalue weighted by Crippen LogP contribution is 2.23. The van der Waals surface area contributed by atoms with E-state index in [1.807, 2.05) is 6.07 Å². The van der Waals surface area contributed by atoms with Crippen molar-refractivity contribution in [3.05, 3.63) is 88.0 Å². The van der Waals surface area contributed by atoms with Crippen LogP contribution in [0.5, 0.6) is 0 Å². The Morgan fingerprint density at radius 2 is 1.97 bits per heavy atom. The van der Waals surface area contributed by atoms with Gasteiger partial charge in [0.2, 0.25) is 0 Å². The van der Waals surface area contributed by atoms with Crippen molar-refractivity contribution in [1.29, 1.82) is 10.7 Å². The van der Waals surface area contributed by atoms with Crippen LogP contribution in [-0.4, -0.2) is 16.6 Å². The molecule has 144 valence electrons. The first-order valence-electron chi connectivity index (χ1n) is 8.72. The van der Waals surface area contributed by atoms with Gasteiger partial charge in [-0.15, -0.1) is 0 Å². The van der Waals surface area contributed by atoms with Gasteiger partial charge in [0.25, 0.3) is 5.91 Å². The van der Waals surface area contributed by atoms with E-state index in [0.29, 0.717) is 39.2 Å². The molecule has 1 aromatic heterocycles. The number of pyridine rings is 1. The van der Waals surface area contributed by atoms with Gasteiger partial charge in [0.1, 0.15) is 17.6 Å². The Morgan fingerprint density at radius 3 is 2.62 bits per heavy atom. The van der Waals surface area contributed by atoms with Crippen LogP contribution in [0.25, 0.3) is 0 Å². The highest BCUT2D eigenvalue weighted by Gasteiger charge is 2.15. The zero-order valence-electron chi connectivity index (χ0n) is 15.9. The van der Waals surface area contributed by atoms with Gasteiger partial charge >= 0.3 is 0 Å². The Balaban J connectivity index is 1.90. The second kappa shape index (κ2) is 7.90. The van der Waals surface area contributed by atoms with E-state index >= 15 is 0 Å². The number of aryl methyl sites for hydroxylation is 2. The van der Waals surface area contributed by atoms with E-state index in [4.69, 9.17) is 16.4 Å². The average Bonchev–Trinajstić information content (AvgIpc) is 2.67. The molecule has 1 heterocycles. The van der Waals surface area contributed by atoms with Crippen LogP contribution in [0.3, 0.4) is 0 Å². The fourth-order valence-electron chi connectivity index (χ4n) is 2.95. The van der Waals surface area contributed by atoms with Crippen LogP contribution in [0, 0.1) is 36.4 Å². The summed E-state index contributed by atoms with van der Waals surface area (Å²) in [4.78, 5) is 16.6. The highest BCUT2D eigenvalue weighted by molar-refractivity contribution is 6.15. The van der Waals surface area contributed by atoms with Gasteiger partial charge in [-0.1, -0.05) is 0 Å². The van der Waals surface area contributed by atoms with E-state index in [1.54, 1.807) is 44.2 Å². The summed E-state index contributed by atoms with van der Waals surface area (Å²) < 4.78 is 13.7. The van der Waals surface area contributed by atoms with Crippen LogP contribution in [0.2, 0.25) is 0 Å². The SMILES string of the molecule is Cc1cc(F)cc(C(=N)c2cc(NC(=O)c3ncc(C#N)cc3C)ccc2N)c1. The minimum atomic E-state index is -0.448. The van der Waals surface area contributed by atoms with Crippen LogP contribution in [0.15, 0.2) is 48.7 Å². The summed E-state index contributed by atoms with van der Waals surface area (Å²) in [6, 6.07) is 12.6. The summed E-state index contributed by atoms with van der Waals surface area (Å²) in [6.45, 7) is 3.44. The van der Waals surface area contributed by atoms with Crippen molar-refractivity contribution in [3.63, 3.8) is 0 Å². The molecule has 29 heavy (non-hydrogen) atoms. The monoisotopic (exact) mass is 387 g/mol. The number of nitrogens with one attached hydrogen (secondary N) is 2. The van der Waals surface area contributed by atoms with Crippen molar-refractivity contribution in [2.24, 2.45) is 0 Å². The van der Waals surface area contributed by atoms with E-state index in [2.05, 4.69) is 10.3 Å². The summed E-state index contributed by atoms with van der Waals surface area (Å²) in [7, 11) is 0. The van der Waals surface area contributed by atoms with Crippen LogP contribution < -0.4 is 11.1 Å². The van der Waals surface area contributed by atoms with Gasteiger partial charge in [0.05, 0.1) is 11.3 Å². The fraction of sp³-hybridized carbons (Fsp3) is 0.0909. The number of nitrogen functional groups attached to an aromatic ring is 1. The zero-order chi connectivity index (χ0) is 21.1. The molecule has 0 aliphatic rings. The van der Waals surface area contributed by atoms with Crippen LogP contribution in [-0.2, 0) is 0 Å². The molecule has 0 aliphatic heterocycles. The van der Waals surface area contributed by atoms with E-state index in [1.165, 1.54) is 18.3 Å². The number of benzene rings is 2. The summed E-state index contributed by atoms with van der Waals surface area (Å²) in [5, 5.41) is 20.1.